The molecular weight excluding hydrogens is 246 g/mol. The van der Waals surface area contributed by atoms with Gasteiger partial charge in [-0.25, -0.2) is 8.42 Å². The van der Waals surface area contributed by atoms with Crippen LogP contribution < -0.4 is 5.32 Å². The highest BCUT2D eigenvalue weighted by atomic mass is 35.5. The second-order valence-electron chi connectivity index (χ2n) is 3.87. The van der Waals surface area contributed by atoms with Gasteiger partial charge in [-0.05, 0) is 24.6 Å². The van der Waals surface area contributed by atoms with Crippen molar-refractivity contribution in [2.24, 2.45) is 0 Å². The van der Waals surface area contributed by atoms with Crippen molar-refractivity contribution in [3.63, 3.8) is 0 Å². The van der Waals surface area contributed by atoms with Crippen LogP contribution in [0.15, 0.2) is 35.2 Å². The van der Waals surface area contributed by atoms with Gasteiger partial charge in [-0.15, -0.1) is 0 Å². The summed E-state index contributed by atoms with van der Waals surface area (Å²) < 4.78 is 22.8. The highest BCUT2D eigenvalue weighted by molar-refractivity contribution is 7.94. The van der Waals surface area contributed by atoms with Crippen molar-refractivity contribution in [3.05, 3.63) is 40.3 Å². The lowest BCUT2D eigenvalue weighted by Crippen LogP contribution is -2.23. The van der Waals surface area contributed by atoms with E-state index >= 15 is 0 Å². The Kier molecular flexibility index (Phi) is 2.95. The van der Waals surface area contributed by atoms with Crippen LogP contribution in [-0.4, -0.2) is 20.2 Å². The largest absolute Gasteiger partial charge is 0.376 e. The van der Waals surface area contributed by atoms with Crippen molar-refractivity contribution in [2.75, 3.05) is 11.1 Å². The van der Waals surface area contributed by atoms with E-state index < -0.39 is 9.84 Å². The molecule has 0 aromatic heterocycles. The molecule has 1 aromatic carbocycles. The number of hydrogen-bond acceptors (Lipinski definition) is 3. The lowest BCUT2D eigenvalue weighted by Gasteiger charge is -2.15. The molecule has 0 bridgehead atoms. The summed E-state index contributed by atoms with van der Waals surface area (Å²) in [5.41, 5.74) is 1.58. The van der Waals surface area contributed by atoms with Crippen molar-refractivity contribution in [2.45, 2.75) is 13.0 Å². The minimum absolute atomic E-state index is 0.101. The lowest BCUT2D eigenvalue weighted by molar-refractivity contribution is 0.605. The third-order valence-electron chi connectivity index (χ3n) is 2.52. The zero-order valence-electron chi connectivity index (χ0n) is 8.77. The number of rotatable bonds is 2. The average Bonchev–Trinajstić information content (AvgIpc) is 2.44. The molecule has 16 heavy (non-hydrogen) atoms. The minimum atomic E-state index is -3.05. The minimum Gasteiger partial charge on any atom is -0.376 e. The van der Waals surface area contributed by atoms with Crippen molar-refractivity contribution >= 4 is 27.1 Å². The summed E-state index contributed by atoms with van der Waals surface area (Å²) in [5.74, 6) is 0.101. The molecule has 0 aliphatic carbocycles. The smallest absolute Gasteiger partial charge is 0.173 e. The van der Waals surface area contributed by atoms with Gasteiger partial charge < -0.3 is 5.32 Å². The van der Waals surface area contributed by atoms with Gasteiger partial charge in [0.2, 0.25) is 0 Å². The average molecular weight is 258 g/mol. The highest BCUT2D eigenvalue weighted by Gasteiger charge is 2.26. The molecule has 0 amide bonds. The number of halogens is 1. The Morgan fingerprint density at radius 1 is 1.38 bits per heavy atom. The van der Waals surface area contributed by atoms with Crippen LogP contribution in [0, 0.1) is 0 Å². The van der Waals surface area contributed by atoms with Crippen LogP contribution >= 0.6 is 11.6 Å². The first-order valence-corrected chi connectivity index (χ1v) is 6.99. The Hall–Kier alpha value is -1.00. The van der Waals surface area contributed by atoms with Crippen molar-refractivity contribution in [1.82, 2.24) is 0 Å². The van der Waals surface area contributed by atoms with Gasteiger partial charge in [0, 0.05) is 5.41 Å². The Bertz CT molecular complexity index is 537. The number of hydrogen-bond donors (Lipinski definition) is 1. The van der Waals surface area contributed by atoms with E-state index in [4.69, 9.17) is 11.6 Å². The monoisotopic (exact) mass is 257 g/mol. The van der Waals surface area contributed by atoms with Gasteiger partial charge in [-0.1, -0.05) is 23.7 Å². The summed E-state index contributed by atoms with van der Waals surface area (Å²) in [6.07, 6.45) is 0. The van der Waals surface area contributed by atoms with Gasteiger partial charge in [0.1, 0.15) is 0 Å². The van der Waals surface area contributed by atoms with Crippen molar-refractivity contribution in [1.29, 1.82) is 0 Å². The molecule has 3 nitrogen and oxygen atoms in total. The van der Waals surface area contributed by atoms with Crippen LogP contribution in [0.2, 0.25) is 5.02 Å². The predicted molar refractivity (Wildman–Crippen MR) is 66.4 cm³/mol. The Morgan fingerprint density at radius 3 is 2.62 bits per heavy atom. The van der Waals surface area contributed by atoms with Crippen LogP contribution in [0.4, 0.5) is 5.69 Å². The first-order chi connectivity index (χ1) is 7.48. The molecule has 0 saturated carbocycles. The van der Waals surface area contributed by atoms with Crippen molar-refractivity contribution in [3.8, 4) is 0 Å². The van der Waals surface area contributed by atoms with Gasteiger partial charge >= 0.3 is 0 Å². The Labute approximate surface area is 100 Å². The predicted octanol–water partition coefficient (Wildman–Crippen LogP) is 2.45. The molecule has 1 heterocycles. The van der Waals surface area contributed by atoms with Crippen LogP contribution in [0.5, 0.6) is 0 Å². The van der Waals surface area contributed by atoms with E-state index in [0.29, 0.717) is 5.02 Å². The maximum absolute atomic E-state index is 11.4. The second-order valence-corrected chi connectivity index (χ2v) is 6.17. The fourth-order valence-electron chi connectivity index (χ4n) is 1.70. The molecule has 1 aromatic rings. The van der Waals surface area contributed by atoms with E-state index in [0.717, 1.165) is 11.3 Å². The summed E-state index contributed by atoms with van der Waals surface area (Å²) in [6, 6.07) is 7.12. The zero-order valence-corrected chi connectivity index (χ0v) is 10.3. The number of sulfone groups is 1. The van der Waals surface area contributed by atoms with Gasteiger partial charge in [0.15, 0.2) is 9.84 Å². The molecule has 1 atom stereocenters. The molecule has 1 aliphatic rings. The molecular formula is C11H12ClNO2S. The standard InChI is InChI=1S/C11H12ClNO2S/c1-8-6-16(14,15)7-11(8)13-10-5-3-2-4-9(10)12/h2-6,11,13H,7H2,1H3/t11-/m1/s1. The maximum atomic E-state index is 11.4. The summed E-state index contributed by atoms with van der Waals surface area (Å²) >= 11 is 5.99. The normalized spacial score (nSPS) is 22.9. The van der Waals surface area contributed by atoms with Gasteiger partial charge in [-0.2, -0.15) is 0 Å². The van der Waals surface area contributed by atoms with Gasteiger partial charge in [-0.3, -0.25) is 0 Å². The fourth-order valence-corrected chi connectivity index (χ4v) is 3.53. The molecule has 0 saturated heterocycles. The highest BCUT2D eigenvalue weighted by Crippen LogP contribution is 2.26. The third kappa shape index (κ3) is 2.39. The number of nitrogens with one attached hydrogen (secondary N) is 1. The molecule has 5 heteroatoms. The number of benzene rings is 1. The van der Waals surface area contributed by atoms with E-state index in [2.05, 4.69) is 5.32 Å². The maximum Gasteiger partial charge on any atom is 0.173 e. The summed E-state index contributed by atoms with van der Waals surface area (Å²) in [5, 5.41) is 5.05. The van der Waals surface area contributed by atoms with Crippen molar-refractivity contribution < 1.29 is 8.42 Å². The van der Waals surface area contributed by atoms with Crippen LogP contribution in [-0.2, 0) is 9.84 Å². The molecule has 0 radical (unpaired) electrons. The van der Waals surface area contributed by atoms with E-state index in [1.807, 2.05) is 18.2 Å². The summed E-state index contributed by atoms with van der Waals surface area (Å²) in [6.45, 7) is 1.80. The van der Waals surface area contributed by atoms with E-state index in [9.17, 15) is 8.42 Å². The van der Waals surface area contributed by atoms with Crippen LogP contribution in [0.3, 0.4) is 0 Å². The zero-order chi connectivity index (χ0) is 11.8. The first kappa shape index (κ1) is 11.5. The van der Waals surface area contributed by atoms with Crippen LogP contribution in [0.25, 0.3) is 0 Å². The molecule has 0 spiro atoms. The Morgan fingerprint density at radius 2 is 2.06 bits per heavy atom. The quantitative estimate of drug-likeness (QED) is 0.885. The third-order valence-corrected chi connectivity index (χ3v) is 4.38. The van der Waals surface area contributed by atoms with E-state index in [-0.39, 0.29) is 11.8 Å². The molecule has 1 N–H and O–H groups in total. The number of para-hydroxylation sites is 1. The summed E-state index contributed by atoms with van der Waals surface area (Å²) in [4.78, 5) is 0. The second kappa shape index (κ2) is 4.11. The topological polar surface area (TPSA) is 46.2 Å². The summed E-state index contributed by atoms with van der Waals surface area (Å²) in [7, 11) is -3.05. The van der Waals surface area contributed by atoms with Crippen LogP contribution in [0.1, 0.15) is 6.92 Å². The van der Waals surface area contributed by atoms with Gasteiger partial charge in [0.05, 0.1) is 22.5 Å². The SMILES string of the molecule is CC1=CS(=O)(=O)C[C@H]1Nc1ccccc1Cl. The molecule has 1 aliphatic heterocycles. The molecule has 86 valence electrons. The fraction of sp³-hybridized carbons (Fsp3) is 0.273. The van der Waals surface area contributed by atoms with E-state index in [1.165, 1.54) is 5.41 Å². The number of anilines is 1. The molecule has 2 rings (SSSR count). The molecule has 0 unspecified atom stereocenters. The first-order valence-electron chi connectivity index (χ1n) is 4.90. The van der Waals surface area contributed by atoms with Gasteiger partial charge in [0.25, 0.3) is 0 Å². The molecule has 0 fully saturated rings. The lowest BCUT2D eigenvalue weighted by atomic mass is 10.1. The van der Waals surface area contributed by atoms with E-state index in [1.54, 1.807) is 13.0 Å². The Balaban J connectivity index is 2.20.